The molecule has 0 bridgehead atoms. The Kier molecular flexibility index (Phi) is 4.43. The van der Waals surface area contributed by atoms with Crippen molar-refractivity contribution in [3.05, 3.63) is 28.3 Å². The van der Waals surface area contributed by atoms with E-state index in [1.54, 1.807) is 0 Å². The van der Waals surface area contributed by atoms with Gasteiger partial charge in [0.15, 0.2) is 0 Å². The van der Waals surface area contributed by atoms with Crippen LogP contribution < -0.4 is 4.74 Å². The molecule has 0 aromatic heterocycles. The summed E-state index contributed by atoms with van der Waals surface area (Å²) in [6.45, 7) is 5.67. The third-order valence-corrected chi connectivity index (χ3v) is 2.88. The first-order valence-corrected chi connectivity index (χ1v) is 5.43. The van der Waals surface area contributed by atoms with Gasteiger partial charge in [-0.2, -0.15) is 0 Å². The van der Waals surface area contributed by atoms with Gasteiger partial charge < -0.3 is 9.64 Å². The average Bonchev–Trinajstić information content (AvgIpc) is 2.18. The van der Waals surface area contributed by atoms with E-state index in [1.807, 2.05) is 40.1 Å². The van der Waals surface area contributed by atoms with Crippen LogP contribution >= 0.6 is 11.6 Å². The van der Waals surface area contributed by atoms with Crippen LogP contribution in [0.25, 0.3) is 0 Å². The third kappa shape index (κ3) is 3.40. The van der Waals surface area contributed by atoms with Gasteiger partial charge in [-0.25, -0.2) is 0 Å². The predicted molar refractivity (Wildman–Crippen MR) is 65.0 cm³/mol. The molecule has 0 heterocycles. The standard InChI is InChI=1S/C12H18ClNO/c1-9-10(2)12(6-5-11(9)13)15-8-7-14(3)4/h5-6H,7-8H2,1-4H3. The fourth-order valence-electron chi connectivity index (χ4n) is 1.26. The molecule has 0 saturated carbocycles. The minimum absolute atomic E-state index is 0.703. The number of halogens is 1. The van der Waals surface area contributed by atoms with Gasteiger partial charge in [0.1, 0.15) is 12.4 Å². The Morgan fingerprint density at radius 2 is 1.87 bits per heavy atom. The van der Waals surface area contributed by atoms with Gasteiger partial charge in [-0.05, 0) is 51.2 Å². The number of nitrogens with zero attached hydrogens (tertiary/aromatic N) is 1. The second-order valence-electron chi connectivity index (χ2n) is 3.95. The first-order valence-electron chi connectivity index (χ1n) is 5.05. The predicted octanol–water partition coefficient (Wildman–Crippen LogP) is 2.90. The molecule has 0 radical (unpaired) electrons. The SMILES string of the molecule is Cc1c(Cl)ccc(OCCN(C)C)c1C. The Balaban J connectivity index is 2.66. The summed E-state index contributed by atoms with van der Waals surface area (Å²) in [5, 5.41) is 0.799. The van der Waals surface area contributed by atoms with E-state index in [1.165, 1.54) is 0 Å². The number of hydrogen-bond acceptors (Lipinski definition) is 2. The molecule has 0 aliphatic heterocycles. The number of likely N-dealkylation sites (N-methyl/N-ethyl adjacent to an activating group) is 1. The van der Waals surface area contributed by atoms with Crippen molar-refractivity contribution in [1.82, 2.24) is 4.90 Å². The monoisotopic (exact) mass is 227 g/mol. The summed E-state index contributed by atoms with van der Waals surface area (Å²) < 4.78 is 5.68. The smallest absolute Gasteiger partial charge is 0.122 e. The summed E-state index contributed by atoms with van der Waals surface area (Å²) in [6.07, 6.45) is 0. The highest BCUT2D eigenvalue weighted by Gasteiger charge is 2.05. The normalized spacial score (nSPS) is 10.8. The summed E-state index contributed by atoms with van der Waals surface area (Å²) in [5.41, 5.74) is 2.22. The fraction of sp³-hybridized carbons (Fsp3) is 0.500. The van der Waals surface area contributed by atoms with E-state index in [0.29, 0.717) is 6.61 Å². The maximum Gasteiger partial charge on any atom is 0.122 e. The third-order valence-electron chi connectivity index (χ3n) is 2.47. The summed E-state index contributed by atoms with van der Waals surface area (Å²) in [4.78, 5) is 2.10. The lowest BCUT2D eigenvalue weighted by molar-refractivity contribution is 0.260. The van der Waals surface area contributed by atoms with E-state index in [2.05, 4.69) is 4.90 Å². The maximum absolute atomic E-state index is 6.01. The van der Waals surface area contributed by atoms with Crippen molar-refractivity contribution in [2.24, 2.45) is 0 Å². The van der Waals surface area contributed by atoms with Crippen LogP contribution in [0.2, 0.25) is 5.02 Å². The number of rotatable bonds is 4. The van der Waals surface area contributed by atoms with Crippen molar-refractivity contribution in [2.75, 3.05) is 27.2 Å². The van der Waals surface area contributed by atoms with Crippen LogP contribution in [0.1, 0.15) is 11.1 Å². The molecule has 0 aliphatic rings. The van der Waals surface area contributed by atoms with Crippen molar-refractivity contribution in [3.63, 3.8) is 0 Å². The Bertz CT molecular complexity index is 337. The molecule has 3 heteroatoms. The maximum atomic E-state index is 6.01. The van der Waals surface area contributed by atoms with Crippen LogP contribution in [0.15, 0.2) is 12.1 Å². The molecule has 1 aromatic carbocycles. The molecule has 15 heavy (non-hydrogen) atoms. The molecule has 0 N–H and O–H groups in total. The lowest BCUT2D eigenvalue weighted by Gasteiger charge is -2.14. The first-order chi connectivity index (χ1) is 7.02. The largest absolute Gasteiger partial charge is 0.492 e. The van der Waals surface area contributed by atoms with Gasteiger partial charge in [0.25, 0.3) is 0 Å². The molecule has 0 aliphatic carbocycles. The van der Waals surface area contributed by atoms with Crippen LogP contribution in [0, 0.1) is 13.8 Å². The van der Waals surface area contributed by atoms with Crippen molar-refractivity contribution < 1.29 is 4.74 Å². The lowest BCUT2D eigenvalue weighted by atomic mass is 10.1. The van der Waals surface area contributed by atoms with Gasteiger partial charge in [0.05, 0.1) is 0 Å². The van der Waals surface area contributed by atoms with Gasteiger partial charge in [-0.3, -0.25) is 0 Å². The Labute approximate surface area is 96.8 Å². The van der Waals surface area contributed by atoms with E-state index in [-0.39, 0.29) is 0 Å². The van der Waals surface area contributed by atoms with Crippen LogP contribution in [0.4, 0.5) is 0 Å². The van der Waals surface area contributed by atoms with Gasteiger partial charge in [-0.1, -0.05) is 11.6 Å². The number of ether oxygens (including phenoxy) is 1. The molecule has 0 saturated heterocycles. The van der Waals surface area contributed by atoms with Crippen LogP contribution in [-0.2, 0) is 0 Å². The Hall–Kier alpha value is -0.730. The Morgan fingerprint density at radius 1 is 1.20 bits per heavy atom. The second-order valence-corrected chi connectivity index (χ2v) is 4.35. The summed E-state index contributed by atoms with van der Waals surface area (Å²) >= 11 is 6.01. The number of benzene rings is 1. The summed E-state index contributed by atoms with van der Waals surface area (Å²) in [7, 11) is 4.06. The quantitative estimate of drug-likeness (QED) is 0.785. The molecule has 0 fully saturated rings. The Morgan fingerprint density at radius 3 is 2.47 bits per heavy atom. The van der Waals surface area contributed by atoms with Crippen molar-refractivity contribution >= 4 is 11.6 Å². The zero-order chi connectivity index (χ0) is 11.4. The molecule has 0 atom stereocenters. The van der Waals surface area contributed by atoms with Gasteiger partial charge in [0.2, 0.25) is 0 Å². The molecule has 0 unspecified atom stereocenters. The fourth-order valence-corrected chi connectivity index (χ4v) is 1.46. The molecule has 84 valence electrons. The molecule has 1 rings (SSSR count). The van der Waals surface area contributed by atoms with E-state index in [9.17, 15) is 0 Å². The summed E-state index contributed by atoms with van der Waals surface area (Å²) in [5.74, 6) is 0.929. The van der Waals surface area contributed by atoms with Gasteiger partial charge in [-0.15, -0.1) is 0 Å². The molecule has 0 spiro atoms. The van der Waals surface area contributed by atoms with Gasteiger partial charge in [0, 0.05) is 11.6 Å². The van der Waals surface area contributed by atoms with Crippen molar-refractivity contribution in [1.29, 1.82) is 0 Å². The highest BCUT2D eigenvalue weighted by molar-refractivity contribution is 6.31. The highest BCUT2D eigenvalue weighted by atomic mass is 35.5. The van der Waals surface area contributed by atoms with Crippen molar-refractivity contribution in [2.45, 2.75) is 13.8 Å². The van der Waals surface area contributed by atoms with E-state index in [0.717, 1.165) is 28.4 Å². The molecule has 0 amide bonds. The van der Waals surface area contributed by atoms with Crippen LogP contribution in [-0.4, -0.2) is 32.1 Å². The van der Waals surface area contributed by atoms with Crippen LogP contribution in [0.3, 0.4) is 0 Å². The minimum Gasteiger partial charge on any atom is -0.492 e. The van der Waals surface area contributed by atoms with E-state index >= 15 is 0 Å². The zero-order valence-electron chi connectivity index (χ0n) is 9.80. The van der Waals surface area contributed by atoms with Gasteiger partial charge >= 0.3 is 0 Å². The molecule has 2 nitrogen and oxygen atoms in total. The topological polar surface area (TPSA) is 12.5 Å². The highest BCUT2D eigenvalue weighted by Crippen LogP contribution is 2.26. The minimum atomic E-state index is 0.703. The zero-order valence-corrected chi connectivity index (χ0v) is 10.6. The van der Waals surface area contributed by atoms with Crippen molar-refractivity contribution in [3.8, 4) is 5.75 Å². The molecule has 1 aromatic rings. The molecular weight excluding hydrogens is 210 g/mol. The van der Waals surface area contributed by atoms with E-state index in [4.69, 9.17) is 16.3 Å². The lowest BCUT2D eigenvalue weighted by Crippen LogP contribution is -2.19. The molecular formula is C12H18ClNO. The van der Waals surface area contributed by atoms with E-state index < -0.39 is 0 Å². The second kappa shape index (κ2) is 5.38. The first kappa shape index (κ1) is 12.3. The van der Waals surface area contributed by atoms with Crippen LogP contribution in [0.5, 0.6) is 5.75 Å². The summed E-state index contributed by atoms with van der Waals surface area (Å²) in [6, 6.07) is 3.81. The average molecular weight is 228 g/mol. The number of hydrogen-bond donors (Lipinski definition) is 0.